The minimum absolute atomic E-state index is 0.0198. The van der Waals surface area contributed by atoms with Crippen molar-refractivity contribution < 1.29 is 4.79 Å². The van der Waals surface area contributed by atoms with E-state index in [0.717, 1.165) is 23.1 Å². The first-order valence-electron chi connectivity index (χ1n) is 7.29. The van der Waals surface area contributed by atoms with Gasteiger partial charge in [0.05, 0.1) is 0 Å². The van der Waals surface area contributed by atoms with Gasteiger partial charge >= 0.3 is 0 Å². The number of nitrogens with one attached hydrogen (secondary N) is 1. The van der Waals surface area contributed by atoms with Gasteiger partial charge in [0.1, 0.15) is 0 Å². The molecule has 0 saturated heterocycles. The van der Waals surface area contributed by atoms with Crippen LogP contribution >= 0.6 is 0 Å². The molecule has 0 radical (unpaired) electrons. The van der Waals surface area contributed by atoms with E-state index in [-0.39, 0.29) is 11.4 Å². The molecule has 20 heavy (non-hydrogen) atoms. The average Bonchev–Trinajstić information content (AvgIpc) is 2.25. The van der Waals surface area contributed by atoms with Crippen LogP contribution in [0.25, 0.3) is 0 Å². The molecular formula is C17H28N2O. The zero-order valence-corrected chi connectivity index (χ0v) is 13.6. The zero-order valence-electron chi connectivity index (χ0n) is 13.6. The highest BCUT2D eigenvalue weighted by Crippen LogP contribution is 2.20. The lowest BCUT2D eigenvalue weighted by molar-refractivity contribution is 0.0897. The molecule has 0 aromatic heterocycles. The average molecular weight is 276 g/mol. The lowest BCUT2D eigenvalue weighted by Crippen LogP contribution is -2.52. The van der Waals surface area contributed by atoms with Crippen molar-refractivity contribution in [3.63, 3.8) is 0 Å². The molecule has 0 fully saturated rings. The summed E-state index contributed by atoms with van der Waals surface area (Å²) in [5, 5.41) is 3.13. The summed E-state index contributed by atoms with van der Waals surface area (Å²) in [6.45, 7) is 12.8. The molecule has 1 atom stereocenters. The lowest BCUT2D eigenvalue weighted by atomic mass is 9.89. The van der Waals surface area contributed by atoms with Crippen molar-refractivity contribution >= 4 is 5.91 Å². The molecule has 3 heteroatoms. The third-order valence-corrected chi connectivity index (χ3v) is 3.63. The fourth-order valence-corrected chi connectivity index (χ4v) is 2.96. The van der Waals surface area contributed by atoms with Crippen LogP contribution in [0, 0.1) is 26.7 Å². The van der Waals surface area contributed by atoms with Gasteiger partial charge in [0.2, 0.25) is 0 Å². The number of aryl methyl sites for hydroxylation is 3. The van der Waals surface area contributed by atoms with Gasteiger partial charge in [-0.25, -0.2) is 0 Å². The van der Waals surface area contributed by atoms with Crippen LogP contribution in [0.1, 0.15) is 54.2 Å². The minimum atomic E-state index is -0.352. The Labute approximate surface area is 122 Å². The van der Waals surface area contributed by atoms with Crippen LogP contribution in [0.5, 0.6) is 0 Å². The summed E-state index contributed by atoms with van der Waals surface area (Å²) in [6, 6.07) is 4.09. The van der Waals surface area contributed by atoms with E-state index < -0.39 is 0 Å². The van der Waals surface area contributed by atoms with E-state index in [2.05, 4.69) is 19.2 Å². The first-order chi connectivity index (χ1) is 9.18. The fourth-order valence-electron chi connectivity index (χ4n) is 2.96. The second-order valence-corrected chi connectivity index (χ2v) is 6.59. The number of carbonyl (C=O) groups excluding carboxylic acids is 1. The maximum atomic E-state index is 12.6. The van der Waals surface area contributed by atoms with Gasteiger partial charge in [0.15, 0.2) is 0 Å². The van der Waals surface area contributed by atoms with Gasteiger partial charge in [-0.15, -0.1) is 0 Å². The highest BCUT2D eigenvalue weighted by Gasteiger charge is 2.27. The predicted octanol–water partition coefficient (Wildman–Crippen LogP) is 3.11. The smallest absolute Gasteiger partial charge is 0.252 e. The van der Waals surface area contributed by atoms with Gasteiger partial charge in [-0.2, -0.15) is 0 Å². The van der Waals surface area contributed by atoms with Crippen LogP contribution in [-0.4, -0.2) is 18.0 Å². The maximum Gasteiger partial charge on any atom is 0.252 e. The Balaban J connectivity index is 3.02. The molecule has 0 bridgehead atoms. The highest BCUT2D eigenvalue weighted by atomic mass is 16.1. The Morgan fingerprint density at radius 2 is 1.75 bits per heavy atom. The summed E-state index contributed by atoms with van der Waals surface area (Å²) < 4.78 is 0. The van der Waals surface area contributed by atoms with E-state index in [9.17, 15) is 4.79 Å². The van der Waals surface area contributed by atoms with Gasteiger partial charge in [-0.1, -0.05) is 31.5 Å². The molecule has 1 unspecified atom stereocenters. The largest absolute Gasteiger partial charge is 0.346 e. The highest BCUT2D eigenvalue weighted by molar-refractivity contribution is 5.97. The summed E-state index contributed by atoms with van der Waals surface area (Å²) in [4.78, 5) is 12.6. The van der Waals surface area contributed by atoms with Crippen molar-refractivity contribution in [3.8, 4) is 0 Å². The van der Waals surface area contributed by atoms with Crippen molar-refractivity contribution in [2.75, 3.05) is 6.54 Å². The Hall–Kier alpha value is -1.35. The molecule has 1 aromatic carbocycles. The maximum absolute atomic E-state index is 12.6. The van der Waals surface area contributed by atoms with Crippen LogP contribution in [0.2, 0.25) is 0 Å². The molecule has 0 saturated carbocycles. The molecular weight excluding hydrogens is 248 g/mol. The molecule has 112 valence electrons. The number of amides is 1. The second kappa shape index (κ2) is 6.40. The SMILES string of the molecule is Cc1cc(C)c(C(=O)NC(C)(CN)CC(C)C)c(C)c1. The third kappa shape index (κ3) is 4.07. The molecule has 1 amide bonds. The first-order valence-corrected chi connectivity index (χ1v) is 7.29. The standard InChI is InChI=1S/C17H28N2O/c1-11(2)9-17(6,10-18)19-16(20)15-13(4)7-12(3)8-14(15)5/h7-8,11H,9-10,18H2,1-6H3,(H,19,20). The molecule has 3 N–H and O–H groups in total. The van der Waals surface area contributed by atoms with Crippen molar-refractivity contribution in [1.29, 1.82) is 0 Å². The van der Waals surface area contributed by atoms with E-state index in [1.165, 1.54) is 5.56 Å². The molecule has 0 aliphatic heterocycles. The van der Waals surface area contributed by atoms with Crippen molar-refractivity contribution in [2.24, 2.45) is 11.7 Å². The first kappa shape index (κ1) is 16.7. The number of hydrogen-bond donors (Lipinski definition) is 2. The van der Waals surface area contributed by atoms with Crippen LogP contribution < -0.4 is 11.1 Å². The third-order valence-electron chi connectivity index (χ3n) is 3.63. The van der Waals surface area contributed by atoms with Gasteiger partial charge in [-0.05, 0) is 51.2 Å². The molecule has 1 rings (SSSR count). The molecule has 3 nitrogen and oxygen atoms in total. The number of carbonyl (C=O) groups is 1. The Kier molecular flexibility index (Phi) is 5.35. The number of hydrogen-bond acceptors (Lipinski definition) is 2. The van der Waals surface area contributed by atoms with Crippen molar-refractivity contribution in [1.82, 2.24) is 5.32 Å². The minimum Gasteiger partial charge on any atom is -0.346 e. The van der Waals surface area contributed by atoms with Crippen molar-refractivity contribution in [2.45, 2.75) is 53.5 Å². The molecule has 0 heterocycles. The monoisotopic (exact) mass is 276 g/mol. The predicted molar refractivity (Wildman–Crippen MR) is 85.0 cm³/mol. The second-order valence-electron chi connectivity index (χ2n) is 6.59. The van der Waals surface area contributed by atoms with Crippen LogP contribution in [0.3, 0.4) is 0 Å². The van der Waals surface area contributed by atoms with E-state index in [4.69, 9.17) is 5.73 Å². The number of benzene rings is 1. The van der Waals surface area contributed by atoms with E-state index >= 15 is 0 Å². The zero-order chi connectivity index (χ0) is 15.5. The summed E-state index contributed by atoms with van der Waals surface area (Å²) in [7, 11) is 0. The summed E-state index contributed by atoms with van der Waals surface area (Å²) in [5.74, 6) is 0.470. The topological polar surface area (TPSA) is 55.1 Å². The Bertz CT molecular complexity index is 471. The molecule has 0 spiro atoms. The van der Waals surface area contributed by atoms with E-state index in [1.54, 1.807) is 0 Å². The van der Waals surface area contributed by atoms with E-state index in [0.29, 0.717) is 12.5 Å². The van der Waals surface area contributed by atoms with Gasteiger partial charge in [-0.3, -0.25) is 4.79 Å². The summed E-state index contributed by atoms with van der Waals surface area (Å²) in [6.07, 6.45) is 0.874. The molecule has 1 aromatic rings. The van der Waals surface area contributed by atoms with Crippen molar-refractivity contribution in [3.05, 3.63) is 34.4 Å². The number of nitrogens with two attached hydrogens (primary N) is 1. The Morgan fingerprint density at radius 1 is 1.25 bits per heavy atom. The number of rotatable bonds is 5. The van der Waals surface area contributed by atoms with Gasteiger partial charge in [0.25, 0.3) is 5.91 Å². The van der Waals surface area contributed by atoms with Crippen LogP contribution in [0.4, 0.5) is 0 Å². The molecule has 0 aliphatic carbocycles. The quantitative estimate of drug-likeness (QED) is 0.868. The van der Waals surface area contributed by atoms with Gasteiger partial charge in [0, 0.05) is 17.6 Å². The van der Waals surface area contributed by atoms with Crippen LogP contribution in [-0.2, 0) is 0 Å². The molecule has 0 aliphatic rings. The lowest BCUT2D eigenvalue weighted by Gasteiger charge is -2.31. The van der Waals surface area contributed by atoms with E-state index in [1.807, 2.05) is 39.8 Å². The summed E-state index contributed by atoms with van der Waals surface area (Å²) >= 11 is 0. The normalized spacial score (nSPS) is 14.2. The summed E-state index contributed by atoms with van der Waals surface area (Å²) in [5.41, 5.74) is 9.51. The fraction of sp³-hybridized carbons (Fsp3) is 0.588. The van der Waals surface area contributed by atoms with Crippen LogP contribution in [0.15, 0.2) is 12.1 Å². The Morgan fingerprint density at radius 3 is 2.15 bits per heavy atom. The van der Waals surface area contributed by atoms with Gasteiger partial charge < -0.3 is 11.1 Å².